The minimum atomic E-state index is -0.987. The zero-order valence-corrected chi connectivity index (χ0v) is 10.5. The summed E-state index contributed by atoms with van der Waals surface area (Å²) in [5, 5.41) is 11.6. The van der Waals surface area contributed by atoms with Crippen molar-refractivity contribution in [3.8, 4) is 5.75 Å². The van der Waals surface area contributed by atoms with Crippen molar-refractivity contribution in [2.24, 2.45) is 0 Å². The Kier molecular flexibility index (Phi) is 2.77. The molecule has 1 heterocycles. The van der Waals surface area contributed by atoms with E-state index in [0.29, 0.717) is 18.1 Å². The van der Waals surface area contributed by atoms with E-state index in [9.17, 15) is 5.11 Å². The van der Waals surface area contributed by atoms with Crippen molar-refractivity contribution in [1.82, 2.24) is 0 Å². The van der Waals surface area contributed by atoms with Crippen LogP contribution in [0.4, 0.5) is 0 Å². The van der Waals surface area contributed by atoms with Crippen molar-refractivity contribution in [2.75, 3.05) is 6.61 Å². The van der Waals surface area contributed by atoms with Gasteiger partial charge in [-0.15, -0.1) is 0 Å². The van der Waals surface area contributed by atoms with Gasteiger partial charge in [0.15, 0.2) is 0 Å². The van der Waals surface area contributed by atoms with Gasteiger partial charge in [0.25, 0.3) is 0 Å². The molecule has 18 heavy (non-hydrogen) atoms. The molecule has 1 aliphatic rings. The van der Waals surface area contributed by atoms with Gasteiger partial charge in [0.2, 0.25) is 0 Å². The van der Waals surface area contributed by atoms with Gasteiger partial charge >= 0.3 is 0 Å². The van der Waals surface area contributed by atoms with E-state index in [1.165, 1.54) is 0 Å². The molecule has 1 N–H and O–H groups in total. The molecule has 0 aromatic heterocycles. The second kappa shape index (κ2) is 4.30. The summed E-state index contributed by atoms with van der Waals surface area (Å²) >= 11 is 5.89. The summed E-state index contributed by atoms with van der Waals surface area (Å²) in [5.74, 6) is 0.751. The third-order valence-electron chi connectivity index (χ3n) is 3.38. The van der Waals surface area contributed by atoms with Crippen LogP contribution < -0.4 is 4.74 Å². The molecule has 0 saturated heterocycles. The number of aliphatic hydroxyl groups is 1. The van der Waals surface area contributed by atoms with Gasteiger partial charge in [0.1, 0.15) is 11.4 Å². The molecule has 92 valence electrons. The van der Waals surface area contributed by atoms with Gasteiger partial charge in [0, 0.05) is 17.0 Å². The molecule has 1 atom stereocenters. The topological polar surface area (TPSA) is 29.5 Å². The highest BCUT2D eigenvalue weighted by atomic mass is 35.5. The zero-order valence-electron chi connectivity index (χ0n) is 9.77. The Bertz CT molecular complexity index is 565. The van der Waals surface area contributed by atoms with Crippen LogP contribution in [0.2, 0.25) is 5.02 Å². The van der Waals surface area contributed by atoms with Crippen molar-refractivity contribution in [3.63, 3.8) is 0 Å². The van der Waals surface area contributed by atoms with Gasteiger partial charge in [-0.3, -0.25) is 0 Å². The van der Waals surface area contributed by atoms with E-state index < -0.39 is 5.60 Å². The highest BCUT2D eigenvalue weighted by Gasteiger charge is 2.36. The first-order valence-corrected chi connectivity index (χ1v) is 6.29. The lowest BCUT2D eigenvalue weighted by Crippen LogP contribution is -2.33. The summed E-state index contributed by atoms with van der Waals surface area (Å²) in [6, 6.07) is 14.9. The number of rotatable bonds is 1. The Labute approximate surface area is 111 Å². The number of ether oxygens (including phenoxy) is 1. The summed E-state index contributed by atoms with van der Waals surface area (Å²) in [6.07, 6.45) is 0.547. The fourth-order valence-corrected chi connectivity index (χ4v) is 2.53. The average molecular weight is 261 g/mol. The summed E-state index contributed by atoms with van der Waals surface area (Å²) in [5.41, 5.74) is 0.681. The fraction of sp³-hybridized carbons (Fsp3) is 0.200. The predicted octanol–water partition coefficient (Wildman–Crippen LogP) is 3.36. The molecule has 0 spiro atoms. The third kappa shape index (κ3) is 1.78. The predicted molar refractivity (Wildman–Crippen MR) is 71.0 cm³/mol. The molecule has 2 nitrogen and oxygen atoms in total. The summed E-state index contributed by atoms with van der Waals surface area (Å²) in [4.78, 5) is 0. The number of benzene rings is 2. The summed E-state index contributed by atoms with van der Waals surface area (Å²) < 4.78 is 5.58. The molecule has 2 aromatic rings. The lowest BCUT2D eigenvalue weighted by molar-refractivity contribution is 0.0349. The maximum atomic E-state index is 11.0. The van der Waals surface area contributed by atoms with Crippen LogP contribution in [0, 0.1) is 0 Å². The van der Waals surface area contributed by atoms with Crippen LogP contribution >= 0.6 is 11.6 Å². The van der Waals surface area contributed by atoms with Gasteiger partial charge in [-0.1, -0.05) is 41.9 Å². The zero-order chi connectivity index (χ0) is 12.6. The molecule has 0 aliphatic carbocycles. The SMILES string of the molecule is OC1(c2ccc(Cl)cc2)CCOc2ccccc21. The molecule has 2 aromatic carbocycles. The number of fused-ring (bicyclic) bond motifs is 1. The fourth-order valence-electron chi connectivity index (χ4n) is 2.40. The first kappa shape index (κ1) is 11.6. The van der Waals surface area contributed by atoms with Crippen LogP contribution in [0.15, 0.2) is 48.5 Å². The van der Waals surface area contributed by atoms with Crippen LogP contribution in [0.25, 0.3) is 0 Å². The first-order valence-electron chi connectivity index (χ1n) is 5.91. The van der Waals surface area contributed by atoms with Gasteiger partial charge in [-0.25, -0.2) is 0 Å². The number of hydrogen-bond acceptors (Lipinski definition) is 2. The normalized spacial score (nSPS) is 22.1. The molecule has 1 aliphatic heterocycles. The second-order valence-corrected chi connectivity index (χ2v) is 4.90. The van der Waals surface area contributed by atoms with Gasteiger partial charge in [-0.2, -0.15) is 0 Å². The monoisotopic (exact) mass is 260 g/mol. The van der Waals surface area contributed by atoms with E-state index in [1.807, 2.05) is 36.4 Å². The van der Waals surface area contributed by atoms with E-state index in [-0.39, 0.29) is 0 Å². The molecule has 0 fully saturated rings. The first-order chi connectivity index (χ1) is 8.70. The smallest absolute Gasteiger partial charge is 0.125 e. The van der Waals surface area contributed by atoms with Crippen molar-refractivity contribution in [1.29, 1.82) is 0 Å². The van der Waals surface area contributed by atoms with E-state index in [1.54, 1.807) is 12.1 Å². The van der Waals surface area contributed by atoms with E-state index in [0.717, 1.165) is 16.9 Å². The third-order valence-corrected chi connectivity index (χ3v) is 3.63. The van der Waals surface area contributed by atoms with Gasteiger partial charge < -0.3 is 9.84 Å². The van der Waals surface area contributed by atoms with E-state index in [4.69, 9.17) is 16.3 Å². The standard InChI is InChI=1S/C15H13ClO2/c16-12-7-5-11(6-8-12)15(17)9-10-18-14-4-2-1-3-13(14)15/h1-8,17H,9-10H2. The lowest BCUT2D eigenvalue weighted by atomic mass is 9.82. The van der Waals surface area contributed by atoms with E-state index >= 15 is 0 Å². The highest BCUT2D eigenvalue weighted by molar-refractivity contribution is 6.30. The van der Waals surface area contributed by atoms with Gasteiger partial charge in [-0.05, 0) is 23.8 Å². The molecule has 1 unspecified atom stereocenters. The molecule has 0 saturated carbocycles. The van der Waals surface area contributed by atoms with Gasteiger partial charge in [0.05, 0.1) is 6.61 Å². The minimum Gasteiger partial charge on any atom is -0.493 e. The number of halogens is 1. The Morgan fingerprint density at radius 3 is 2.56 bits per heavy atom. The molecule has 3 rings (SSSR count). The molecule has 0 amide bonds. The Morgan fingerprint density at radius 1 is 1.06 bits per heavy atom. The summed E-state index contributed by atoms with van der Waals surface area (Å²) in [7, 11) is 0. The second-order valence-electron chi connectivity index (χ2n) is 4.46. The van der Waals surface area contributed by atoms with Crippen LogP contribution in [-0.2, 0) is 5.60 Å². The molecule has 3 heteroatoms. The maximum Gasteiger partial charge on any atom is 0.125 e. The largest absolute Gasteiger partial charge is 0.493 e. The molecule has 0 radical (unpaired) electrons. The summed E-state index contributed by atoms with van der Waals surface area (Å²) in [6.45, 7) is 0.510. The quantitative estimate of drug-likeness (QED) is 0.852. The van der Waals surface area contributed by atoms with Crippen LogP contribution in [0.3, 0.4) is 0 Å². The van der Waals surface area contributed by atoms with Crippen LogP contribution in [0.1, 0.15) is 17.5 Å². The molecule has 0 bridgehead atoms. The van der Waals surface area contributed by atoms with Crippen LogP contribution in [0.5, 0.6) is 5.75 Å². The van der Waals surface area contributed by atoms with E-state index in [2.05, 4.69) is 0 Å². The van der Waals surface area contributed by atoms with Crippen molar-refractivity contribution in [3.05, 3.63) is 64.7 Å². The van der Waals surface area contributed by atoms with Crippen molar-refractivity contribution < 1.29 is 9.84 Å². The average Bonchev–Trinajstić information content (AvgIpc) is 2.40. The van der Waals surface area contributed by atoms with Crippen LogP contribution in [-0.4, -0.2) is 11.7 Å². The number of para-hydroxylation sites is 1. The Hall–Kier alpha value is -1.51. The number of hydrogen-bond donors (Lipinski definition) is 1. The highest BCUT2D eigenvalue weighted by Crippen LogP contribution is 2.41. The minimum absolute atomic E-state index is 0.510. The molecular formula is C15H13ClO2. The Morgan fingerprint density at radius 2 is 1.78 bits per heavy atom. The maximum absolute atomic E-state index is 11.0. The van der Waals surface area contributed by atoms with Crippen molar-refractivity contribution in [2.45, 2.75) is 12.0 Å². The molecular weight excluding hydrogens is 248 g/mol. The van der Waals surface area contributed by atoms with Crippen molar-refractivity contribution >= 4 is 11.6 Å². The lowest BCUT2D eigenvalue weighted by Gasteiger charge is -2.34. The Balaban J connectivity index is 2.13.